The maximum atomic E-state index is 12.9. The van der Waals surface area contributed by atoms with Gasteiger partial charge in [0.25, 0.3) is 0 Å². The molecule has 0 saturated heterocycles. The summed E-state index contributed by atoms with van der Waals surface area (Å²) in [5, 5.41) is 0. The average molecular weight is 322 g/mol. The van der Waals surface area contributed by atoms with E-state index >= 15 is 0 Å². The van der Waals surface area contributed by atoms with Crippen LogP contribution in [0.2, 0.25) is 19.6 Å². The van der Waals surface area contributed by atoms with Gasteiger partial charge in [-0.15, -0.1) is 0 Å². The lowest BCUT2D eigenvalue weighted by Crippen LogP contribution is -2.26. The van der Waals surface area contributed by atoms with Crippen LogP contribution in [0.15, 0.2) is 60.7 Å². The fourth-order valence-electron chi connectivity index (χ4n) is 1.61. The molecule has 2 aromatic carbocycles. The van der Waals surface area contributed by atoms with Crippen LogP contribution in [0.1, 0.15) is 0 Å². The first-order valence-electron chi connectivity index (χ1n) is 6.66. The van der Waals surface area contributed by atoms with Crippen LogP contribution in [0, 0.1) is 0 Å². The first-order chi connectivity index (χ1) is 9.86. The highest BCUT2D eigenvalue weighted by atomic mass is 31.2. The Morgan fingerprint density at radius 3 is 1.48 bits per heavy atom. The van der Waals surface area contributed by atoms with E-state index in [-0.39, 0.29) is 0 Å². The summed E-state index contributed by atoms with van der Waals surface area (Å²) in [6, 6.07) is 17.8. The summed E-state index contributed by atoms with van der Waals surface area (Å²) in [4.78, 5) is 0. The van der Waals surface area contributed by atoms with E-state index < -0.39 is 16.1 Å². The van der Waals surface area contributed by atoms with Gasteiger partial charge in [-0.3, -0.25) is 0 Å². The molecule has 0 bridgehead atoms. The highest BCUT2D eigenvalue weighted by molar-refractivity contribution is 7.51. The molecule has 0 heterocycles. The number of hydrogen-bond acceptors (Lipinski definition) is 4. The van der Waals surface area contributed by atoms with Crippen molar-refractivity contribution in [1.29, 1.82) is 0 Å². The fourth-order valence-corrected chi connectivity index (χ4v) is 5.39. The number of para-hydroxylation sites is 2. The zero-order chi connectivity index (χ0) is 15.3. The number of phosphoric ester groups is 1. The Bertz CT molecular complexity index is 565. The van der Waals surface area contributed by atoms with Gasteiger partial charge in [-0.1, -0.05) is 36.4 Å². The fraction of sp³-hybridized carbons (Fsp3) is 0.200. The standard InChI is InChI=1S/C15H19O4PSi/c1-21(2,3)19-20(16,17-14-10-6-4-7-11-14)18-15-12-8-5-9-13-15/h4-13H,1-3H3. The molecule has 6 heteroatoms. The third kappa shape index (κ3) is 5.38. The first-order valence-corrected chi connectivity index (χ1v) is 11.5. The van der Waals surface area contributed by atoms with Gasteiger partial charge in [0, 0.05) is 0 Å². The third-order valence-corrected chi connectivity index (χ3v) is 6.26. The third-order valence-electron chi connectivity index (χ3n) is 2.31. The SMILES string of the molecule is C[Si](C)(C)OP(=O)(Oc1ccccc1)Oc1ccccc1. The Balaban J connectivity index is 2.24. The molecule has 0 N–H and O–H groups in total. The molecule has 0 aliphatic rings. The van der Waals surface area contributed by atoms with E-state index in [4.69, 9.17) is 13.3 Å². The van der Waals surface area contributed by atoms with Crippen molar-refractivity contribution in [2.24, 2.45) is 0 Å². The minimum absolute atomic E-state index is 0.454. The van der Waals surface area contributed by atoms with Gasteiger partial charge in [-0.2, -0.15) is 0 Å². The van der Waals surface area contributed by atoms with Gasteiger partial charge in [0.05, 0.1) is 0 Å². The first kappa shape index (κ1) is 15.8. The van der Waals surface area contributed by atoms with Crippen molar-refractivity contribution in [2.75, 3.05) is 0 Å². The van der Waals surface area contributed by atoms with Crippen molar-refractivity contribution in [3.63, 3.8) is 0 Å². The quantitative estimate of drug-likeness (QED) is 0.548. The molecule has 0 radical (unpaired) electrons. The van der Waals surface area contributed by atoms with Crippen LogP contribution in [-0.2, 0) is 8.78 Å². The van der Waals surface area contributed by atoms with Crippen molar-refractivity contribution >= 4 is 16.1 Å². The molecule has 2 rings (SSSR count). The Labute approximate surface area is 126 Å². The summed E-state index contributed by atoms with van der Waals surface area (Å²) >= 11 is 0. The molecular formula is C15H19O4PSi. The van der Waals surface area contributed by atoms with Crippen molar-refractivity contribution in [3.05, 3.63) is 60.7 Å². The van der Waals surface area contributed by atoms with Crippen molar-refractivity contribution in [2.45, 2.75) is 19.6 Å². The van der Waals surface area contributed by atoms with Gasteiger partial charge in [0.2, 0.25) is 8.32 Å². The maximum absolute atomic E-state index is 12.9. The summed E-state index contributed by atoms with van der Waals surface area (Å²) in [7, 11) is -5.84. The molecule has 0 saturated carbocycles. The molecule has 0 amide bonds. The van der Waals surface area contributed by atoms with Gasteiger partial charge >= 0.3 is 7.82 Å². The summed E-state index contributed by atoms with van der Waals surface area (Å²) in [6.07, 6.45) is 0. The second kappa shape index (κ2) is 6.48. The molecule has 21 heavy (non-hydrogen) atoms. The van der Waals surface area contributed by atoms with E-state index in [2.05, 4.69) is 0 Å². The van der Waals surface area contributed by atoms with Crippen LogP contribution in [0.3, 0.4) is 0 Å². The molecule has 0 unspecified atom stereocenters. The molecule has 112 valence electrons. The Hall–Kier alpha value is -1.55. The van der Waals surface area contributed by atoms with Crippen molar-refractivity contribution in [1.82, 2.24) is 0 Å². The number of hydrogen-bond donors (Lipinski definition) is 0. The number of rotatable bonds is 6. The van der Waals surface area contributed by atoms with Gasteiger partial charge < -0.3 is 13.3 Å². The number of phosphoric acid groups is 1. The molecule has 0 spiro atoms. The Morgan fingerprint density at radius 2 is 1.14 bits per heavy atom. The van der Waals surface area contributed by atoms with Crippen LogP contribution in [0.25, 0.3) is 0 Å². The van der Waals surface area contributed by atoms with Crippen LogP contribution in [0.5, 0.6) is 11.5 Å². The highest BCUT2D eigenvalue weighted by Gasteiger charge is 2.37. The molecule has 0 aromatic heterocycles. The zero-order valence-electron chi connectivity index (χ0n) is 12.4. The molecule has 0 atom stereocenters. The average Bonchev–Trinajstić information content (AvgIpc) is 2.38. The predicted molar refractivity (Wildman–Crippen MR) is 86.2 cm³/mol. The molecule has 2 aromatic rings. The largest absolute Gasteiger partial charge is 0.577 e. The molecule has 0 aliphatic heterocycles. The van der Waals surface area contributed by atoms with Gasteiger partial charge in [-0.05, 0) is 43.9 Å². The summed E-state index contributed by atoms with van der Waals surface area (Å²) in [6.45, 7) is 5.80. The summed E-state index contributed by atoms with van der Waals surface area (Å²) in [5.74, 6) is 0.907. The maximum Gasteiger partial charge on any atom is 0.577 e. The van der Waals surface area contributed by atoms with E-state index in [1.54, 1.807) is 48.5 Å². The topological polar surface area (TPSA) is 44.8 Å². The second-order valence-corrected chi connectivity index (χ2v) is 11.7. The minimum atomic E-state index is -3.72. The van der Waals surface area contributed by atoms with E-state index in [1.165, 1.54) is 0 Å². The van der Waals surface area contributed by atoms with Crippen LogP contribution in [-0.4, -0.2) is 8.32 Å². The Morgan fingerprint density at radius 1 is 0.762 bits per heavy atom. The van der Waals surface area contributed by atoms with Crippen molar-refractivity contribution in [3.8, 4) is 11.5 Å². The van der Waals surface area contributed by atoms with E-state index in [9.17, 15) is 4.57 Å². The smallest absolute Gasteiger partial charge is 0.396 e. The molecule has 4 nitrogen and oxygen atoms in total. The normalized spacial score (nSPS) is 12.0. The van der Waals surface area contributed by atoms with Crippen molar-refractivity contribution < 1.29 is 17.8 Å². The molecule has 0 aliphatic carbocycles. The predicted octanol–water partition coefficient (Wildman–Crippen LogP) is 5.10. The van der Waals surface area contributed by atoms with Crippen LogP contribution < -0.4 is 9.05 Å². The monoisotopic (exact) mass is 322 g/mol. The lowest BCUT2D eigenvalue weighted by Gasteiger charge is -2.25. The van der Waals surface area contributed by atoms with Gasteiger partial charge in [-0.25, -0.2) is 4.57 Å². The number of benzene rings is 2. The van der Waals surface area contributed by atoms with Crippen LogP contribution >= 0.6 is 7.82 Å². The lowest BCUT2D eigenvalue weighted by atomic mass is 10.3. The van der Waals surface area contributed by atoms with E-state index in [0.717, 1.165) is 0 Å². The summed E-state index contributed by atoms with van der Waals surface area (Å²) in [5.41, 5.74) is 0. The highest BCUT2D eigenvalue weighted by Crippen LogP contribution is 2.51. The Kier molecular flexibility index (Phi) is 4.88. The zero-order valence-corrected chi connectivity index (χ0v) is 14.2. The van der Waals surface area contributed by atoms with Gasteiger partial charge in [0.15, 0.2) is 0 Å². The minimum Gasteiger partial charge on any atom is -0.396 e. The second-order valence-electron chi connectivity index (χ2n) is 5.46. The van der Waals surface area contributed by atoms with Crippen LogP contribution in [0.4, 0.5) is 0 Å². The van der Waals surface area contributed by atoms with E-state index in [0.29, 0.717) is 11.5 Å². The van der Waals surface area contributed by atoms with E-state index in [1.807, 2.05) is 31.8 Å². The van der Waals surface area contributed by atoms with Gasteiger partial charge in [0.1, 0.15) is 11.5 Å². The lowest BCUT2D eigenvalue weighted by molar-refractivity contribution is 0.296. The molecule has 0 fully saturated rings. The summed E-state index contributed by atoms with van der Waals surface area (Å²) < 4.78 is 29.7. The molecular weight excluding hydrogens is 303 g/mol.